The van der Waals surface area contributed by atoms with Crippen molar-refractivity contribution in [3.05, 3.63) is 24.3 Å². The molecule has 0 aliphatic carbocycles. The summed E-state index contributed by atoms with van der Waals surface area (Å²) in [6.45, 7) is 3.63. The molecule has 7 heteroatoms. The molecule has 1 rings (SSSR count). The van der Waals surface area contributed by atoms with Gasteiger partial charge in [-0.3, -0.25) is 4.79 Å². The van der Waals surface area contributed by atoms with Crippen molar-refractivity contribution in [1.29, 1.82) is 0 Å². The molecule has 1 atom stereocenters. The number of rotatable bonds is 6. The summed E-state index contributed by atoms with van der Waals surface area (Å²) in [6, 6.07) is 6.47. The topological polar surface area (TPSA) is 86.5 Å². The van der Waals surface area contributed by atoms with Crippen molar-refractivity contribution < 1.29 is 17.9 Å². The molecule has 0 fully saturated rings. The van der Waals surface area contributed by atoms with E-state index in [1.54, 1.807) is 26.0 Å². The van der Waals surface area contributed by atoms with Crippen molar-refractivity contribution in [2.75, 3.05) is 18.6 Å². The Hall–Kier alpha value is -1.05. The van der Waals surface area contributed by atoms with Crippen molar-refractivity contribution in [3.63, 3.8) is 0 Å². The molecule has 0 saturated heterocycles. The molecule has 0 heterocycles. The van der Waals surface area contributed by atoms with Crippen LogP contribution < -0.4 is 5.73 Å². The Kier molecular flexibility index (Phi) is 5.61. The fourth-order valence-electron chi connectivity index (χ4n) is 1.37. The second kappa shape index (κ2) is 6.60. The highest BCUT2D eigenvalue weighted by Gasteiger charge is 2.30. The van der Waals surface area contributed by atoms with E-state index in [4.69, 9.17) is 10.5 Å². The molecule has 0 bridgehead atoms. The Labute approximate surface area is 123 Å². The monoisotopic (exact) mass is 317 g/mol. The molecule has 1 aromatic rings. The number of carbonyl (C=O) groups is 1. The van der Waals surface area contributed by atoms with Gasteiger partial charge in [-0.1, -0.05) is 0 Å². The molecule has 0 amide bonds. The van der Waals surface area contributed by atoms with Crippen LogP contribution >= 0.6 is 11.8 Å². The lowest BCUT2D eigenvalue weighted by molar-refractivity contribution is -0.148. The van der Waals surface area contributed by atoms with Gasteiger partial charge in [-0.15, -0.1) is 11.8 Å². The summed E-state index contributed by atoms with van der Waals surface area (Å²) in [4.78, 5) is 12.7. The van der Waals surface area contributed by atoms with Crippen LogP contribution in [0.4, 0.5) is 0 Å². The minimum Gasteiger partial charge on any atom is -0.465 e. The number of nitrogens with two attached hydrogens (primary N) is 1. The summed E-state index contributed by atoms with van der Waals surface area (Å²) in [5, 5.41) is 0. The number of thioether (sulfide) groups is 1. The van der Waals surface area contributed by atoms with Crippen LogP contribution in [0.3, 0.4) is 0 Å². The van der Waals surface area contributed by atoms with Crippen molar-refractivity contribution in [2.45, 2.75) is 29.2 Å². The lowest BCUT2D eigenvalue weighted by atomic mass is 10.1. The first kappa shape index (κ1) is 17.0. The van der Waals surface area contributed by atoms with Gasteiger partial charge in [0.1, 0.15) is 5.54 Å². The number of ether oxygens (including phenoxy) is 1. The van der Waals surface area contributed by atoms with Gasteiger partial charge >= 0.3 is 5.97 Å². The van der Waals surface area contributed by atoms with E-state index in [1.807, 2.05) is 0 Å². The average Bonchev–Trinajstić information content (AvgIpc) is 2.36. The second-order valence-electron chi connectivity index (χ2n) is 4.67. The van der Waals surface area contributed by atoms with Crippen molar-refractivity contribution in [2.24, 2.45) is 5.73 Å². The van der Waals surface area contributed by atoms with Gasteiger partial charge in [0.2, 0.25) is 0 Å². The van der Waals surface area contributed by atoms with E-state index in [2.05, 4.69) is 0 Å². The minimum atomic E-state index is -3.19. The highest BCUT2D eigenvalue weighted by atomic mass is 32.2. The molecule has 0 saturated carbocycles. The third kappa shape index (κ3) is 4.81. The highest BCUT2D eigenvalue weighted by molar-refractivity contribution is 7.99. The van der Waals surface area contributed by atoms with Crippen LogP contribution in [0.15, 0.2) is 34.1 Å². The summed E-state index contributed by atoms with van der Waals surface area (Å²) in [5.41, 5.74) is 4.83. The van der Waals surface area contributed by atoms with Gasteiger partial charge in [0.25, 0.3) is 0 Å². The molecule has 0 spiro atoms. The number of hydrogen-bond acceptors (Lipinski definition) is 6. The molecular formula is C13H19NO4S2. The molecular weight excluding hydrogens is 298 g/mol. The number of hydrogen-bond donors (Lipinski definition) is 1. The van der Waals surface area contributed by atoms with Gasteiger partial charge in [-0.2, -0.15) is 0 Å². The fourth-order valence-corrected chi connectivity index (χ4v) is 2.91. The Morgan fingerprint density at radius 1 is 1.35 bits per heavy atom. The van der Waals surface area contributed by atoms with Gasteiger partial charge < -0.3 is 10.5 Å². The van der Waals surface area contributed by atoms with Crippen LogP contribution in [0.2, 0.25) is 0 Å². The van der Waals surface area contributed by atoms with Crippen LogP contribution in [0.5, 0.6) is 0 Å². The first-order valence-corrected chi connectivity index (χ1v) is 8.93. The minimum absolute atomic E-state index is 0.266. The first-order chi connectivity index (χ1) is 9.16. The average molecular weight is 317 g/mol. The molecule has 20 heavy (non-hydrogen) atoms. The van der Waals surface area contributed by atoms with Crippen LogP contribution in [0.25, 0.3) is 0 Å². The van der Waals surface area contributed by atoms with Crippen molar-refractivity contribution in [1.82, 2.24) is 0 Å². The van der Waals surface area contributed by atoms with Gasteiger partial charge in [-0.05, 0) is 38.1 Å². The van der Waals surface area contributed by atoms with E-state index >= 15 is 0 Å². The largest absolute Gasteiger partial charge is 0.465 e. The van der Waals surface area contributed by atoms with Gasteiger partial charge in [-0.25, -0.2) is 8.42 Å². The first-order valence-electron chi connectivity index (χ1n) is 6.06. The van der Waals surface area contributed by atoms with E-state index in [-0.39, 0.29) is 4.90 Å². The van der Waals surface area contributed by atoms with Gasteiger partial charge in [0.15, 0.2) is 9.84 Å². The molecule has 0 aliphatic heterocycles. The molecule has 1 aromatic carbocycles. The summed E-state index contributed by atoms with van der Waals surface area (Å²) in [6.07, 6.45) is 1.16. The lowest BCUT2D eigenvalue weighted by Crippen LogP contribution is -2.48. The number of sulfone groups is 1. The van der Waals surface area contributed by atoms with Crippen LogP contribution in [-0.4, -0.2) is 38.5 Å². The number of benzene rings is 1. The fraction of sp³-hybridized carbons (Fsp3) is 0.462. The Balaban J connectivity index is 2.69. The summed E-state index contributed by atoms with van der Waals surface area (Å²) in [7, 11) is -3.19. The molecule has 0 aliphatic rings. The Morgan fingerprint density at radius 2 is 1.90 bits per heavy atom. The smallest absolute Gasteiger partial charge is 0.326 e. The van der Waals surface area contributed by atoms with E-state index in [0.29, 0.717) is 12.4 Å². The standard InChI is InChI=1S/C13H19NO4S2/c1-4-18-12(15)13(2,14)9-19-10-5-7-11(8-6-10)20(3,16)17/h5-8H,4,9,14H2,1-3H3. The van der Waals surface area contributed by atoms with E-state index in [1.165, 1.54) is 23.9 Å². The summed E-state index contributed by atoms with van der Waals surface area (Å²) < 4.78 is 27.6. The van der Waals surface area contributed by atoms with E-state index in [0.717, 1.165) is 11.2 Å². The zero-order valence-electron chi connectivity index (χ0n) is 11.8. The summed E-state index contributed by atoms with van der Waals surface area (Å²) in [5.74, 6) is -0.0930. The predicted molar refractivity (Wildman–Crippen MR) is 79.5 cm³/mol. The van der Waals surface area contributed by atoms with E-state index in [9.17, 15) is 13.2 Å². The zero-order chi connectivity index (χ0) is 15.4. The van der Waals surface area contributed by atoms with Crippen LogP contribution in [-0.2, 0) is 19.4 Å². The molecule has 0 aromatic heterocycles. The quantitative estimate of drug-likeness (QED) is 0.631. The Morgan fingerprint density at radius 3 is 2.35 bits per heavy atom. The molecule has 112 valence electrons. The lowest BCUT2D eigenvalue weighted by Gasteiger charge is -2.21. The van der Waals surface area contributed by atoms with Crippen molar-refractivity contribution in [3.8, 4) is 0 Å². The maximum Gasteiger partial charge on any atom is 0.326 e. The molecule has 1 unspecified atom stereocenters. The van der Waals surface area contributed by atoms with Gasteiger partial charge in [0, 0.05) is 16.9 Å². The highest BCUT2D eigenvalue weighted by Crippen LogP contribution is 2.23. The van der Waals surface area contributed by atoms with E-state index < -0.39 is 21.3 Å². The van der Waals surface area contributed by atoms with Crippen molar-refractivity contribution >= 4 is 27.6 Å². The zero-order valence-corrected chi connectivity index (χ0v) is 13.4. The molecule has 2 N–H and O–H groups in total. The van der Waals surface area contributed by atoms with Crippen LogP contribution in [0, 0.1) is 0 Å². The molecule has 5 nitrogen and oxygen atoms in total. The second-order valence-corrected chi connectivity index (χ2v) is 7.73. The van der Waals surface area contributed by atoms with Gasteiger partial charge in [0.05, 0.1) is 11.5 Å². The third-order valence-electron chi connectivity index (χ3n) is 2.53. The molecule has 0 radical (unpaired) electrons. The number of carbonyl (C=O) groups excluding carboxylic acids is 1. The van der Waals surface area contributed by atoms with Crippen LogP contribution in [0.1, 0.15) is 13.8 Å². The summed E-state index contributed by atoms with van der Waals surface area (Å²) >= 11 is 1.38. The SMILES string of the molecule is CCOC(=O)C(C)(N)CSc1ccc(S(C)(=O)=O)cc1. The normalized spacial score (nSPS) is 14.6. The Bertz CT molecular complexity index is 565. The number of esters is 1. The maximum absolute atomic E-state index is 11.6. The third-order valence-corrected chi connectivity index (χ3v) is 5.01. The predicted octanol–water partition coefficient (Wildman–Crippen LogP) is 1.46. The maximum atomic E-state index is 11.6.